The van der Waals surface area contributed by atoms with E-state index in [4.69, 9.17) is 16.7 Å². The summed E-state index contributed by atoms with van der Waals surface area (Å²) in [6.45, 7) is 1.54. The number of carbonyl (C=O) groups excluding carboxylic acids is 1. The molecular weight excluding hydrogens is 358 g/mol. The third-order valence-corrected chi connectivity index (χ3v) is 3.31. The van der Waals surface area contributed by atoms with Crippen molar-refractivity contribution in [1.82, 2.24) is 0 Å². The van der Waals surface area contributed by atoms with Crippen LogP contribution in [-0.2, 0) is 4.79 Å². The summed E-state index contributed by atoms with van der Waals surface area (Å²) in [5, 5.41) is 17.4. The van der Waals surface area contributed by atoms with Crippen molar-refractivity contribution < 1.29 is 19.8 Å². The molecule has 2 atom stereocenters. The molecule has 0 saturated carbocycles. The fourth-order valence-electron chi connectivity index (χ4n) is 1.26. The zero-order chi connectivity index (χ0) is 13.2. The number of benzene rings is 1. The maximum Gasteiger partial charge on any atom is 0.337 e. The van der Waals surface area contributed by atoms with Gasteiger partial charge in [0.15, 0.2) is 11.9 Å². The van der Waals surface area contributed by atoms with Crippen LogP contribution in [0.3, 0.4) is 0 Å². The molecule has 2 N–H and O–H groups in total. The number of alkyl halides is 1. The summed E-state index contributed by atoms with van der Waals surface area (Å²) in [5.74, 6) is -1.65. The van der Waals surface area contributed by atoms with E-state index in [0.29, 0.717) is 9.13 Å². The lowest BCUT2D eigenvalue weighted by Gasteiger charge is -2.10. The molecule has 1 aromatic rings. The van der Waals surface area contributed by atoms with E-state index in [9.17, 15) is 14.7 Å². The van der Waals surface area contributed by atoms with Crippen LogP contribution in [0, 0.1) is 3.57 Å². The second-order valence-electron chi connectivity index (χ2n) is 3.46. The highest BCUT2D eigenvalue weighted by Gasteiger charge is 2.20. The van der Waals surface area contributed by atoms with E-state index in [1.165, 1.54) is 12.1 Å². The summed E-state index contributed by atoms with van der Waals surface area (Å²) in [5.41, 5.74) is 0.490. The van der Waals surface area contributed by atoms with Crippen LogP contribution in [0.5, 0.6) is 0 Å². The molecule has 0 bridgehead atoms. The van der Waals surface area contributed by atoms with Gasteiger partial charge in [0.05, 0.1) is 5.38 Å². The zero-order valence-electron chi connectivity index (χ0n) is 8.85. The molecule has 0 radical (unpaired) electrons. The predicted molar refractivity (Wildman–Crippen MR) is 71.4 cm³/mol. The van der Waals surface area contributed by atoms with Crippen molar-refractivity contribution in [2.45, 2.75) is 18.4 Å². The van der Waals surface area contributed by atoms with Gasteiger partial charge in [-0.05, 0) is 47.2 Å². The fraction of sp³-hybridized carbons (Fsp3) is 0.273. The molecule has 2 unspecified atom stereocenters. The van der Waals surface area contributed by atoms with E-state index in [2.05, 4.69) is 0 Å². The minimum Gasteiger partial charge on any atom is -0.479 e. The number of aliphatic carboxylic acids is 1. The smallest absolute Gasteiger partial charge is 0.337 e. The van der Waals surface area contributed by atoms with E-state index in [1.807, 2.05) is 22.6 Å². The number of hydrogen-bond acceptors (Lipinski definition) is 3. The van der Waals surface area contributed by atoms with E-state index >= 15 is 0 Å². The van der Waals surface area contributed by atoms with Crippen molar-refractivity contribution in [2.75, 3.05) is 0 Å². The van der Waals surface area contributed by atoms with Crippen LogP contribution in [-0.4, -0.2) is 27.3 Å². The lowest BCUT2D eigenvalue weighted by molar-refractivity contribution is -0.146. The van der Waals surface area contributed by atoms with Gasteiger partial charge in [0.1, 0.15) is 0 Å². The molecule has 6 heteroatoms. The van der Waals surface area contributed by atoms with Gasteiger partial charge in [-0.25, -0.2) is 4.79 Å². The Morgan fingerprint density at radius 3 is 2.47 bits per heavy atom. The number of Topliss-reactive ketones (excluding diaryl/α,β-unsaturated/α-hetero) is 1. The number of aliphatic hydroxyl groups excluding tert-OH is 1. The first-order valence-corrected chi connectivity index (χ1v) is 6.24. The second kappa shape index (κ2) is 5.79. The first-order chi connectivity index (χ1) is 7.84. The molecule has 0 aliphatic carbocycles. The molecule has 0 spiro atoms. The molecule has 1 rings (SSSR count). The number of hydrogen-bond donors (Lipinski definition) is 2. The summed E-state index contributed by atoms with van der Waals surface area (Å²) in [6.07, 6.45) is -1.64. The van der Waals surface area contributed by atoms with Crippen molar-refractivity contribution >= 4 is 45.9 Å². The van der Waals surface area contributed by atoms with Crippen LogP contribution in [0.15, 0.2) is 18.2 Å². The molecule has 4 nitrogen and oxygen atoms in total. The summed E-state index contributed by atoms with van der Waals surface area (Å²) in [7, 11) is 0. The first kappa shape index (κ1) is 14.4. The van der Waals surface area contributed by atoms with Crippen LogP contribution in [0.2, 0.25) is 0 Å². The molecule has 1 aromatic carbocycles. The van der Waals surface area contributed by atoms with Crippen molar-refractivity contribution in [2.24, 2.45) is 0 Å². The highest BCUT2D eigenvalue weighted by molar-refractivity contribution is 14.1. The molecule has 0 heterocycles. The molecule has 0 saturated heterocycles. The van der Waals surface area contributed by atoms with E-state index in [1.54, 1.807) is 13.0 Å². The normalized spacial score (nSPS) is 14.1. The quantitative estimate of drug-likeness (QED) is 0.485. The van der Waals surface area contributed by atoms with Crippen LogP contribution in [0.25, 0.3) is 0 Å². The number of aliphatic hydroxyl groups is 1. The molecule has 17 heavy (non-hydrogen) atoms. The summed E-state index contributed by atoms with van der Waals surface area (Å²) < 4.78 is 0.668. The summed E-state index contributed by atoms with van der Waals surface area (Å²) in [4.78, 5) is 22.4. The molecular formula is C11H10ClIO4. The molecule has 0 fully saturated rings. The topological polar surface area (TPSA) is 74.6 Å². The number of ketones is 1. The average molecular weight is 369 g/mol. The van der Waals surface area contributed by atoms with Crippen LogP contribution in [0.4, 0.5) is 0 Å². The van der Waals surface area contributed by atoms with E-state index < -0.39 is 17.5 Å². The van der Waals surface area contributed by atoms with Gasteiger partial charge in [0, 0.05) is 9.13 Å². The average Bonchev–Trinajstić information content (AvgIpc) is 2.27. The van der Waals surface area contributed by atoms with Gasteiger partial charge >= 0.3 is 5.97 Å². The molecule has 0 amide bonds. The van der Waals surface area contributed by atoms with Crippen molar-refractivity contribution in [3.05, 3.63) is 32.9 Å². The zero-order valence-corrected chi connectivity index (χ0v) is 11.8. The molecule has 92 valence electrons. The monoisotopic (exact) mass is 368 g/mol. The fourth-order valence-corrected chi connectivity index (χ4v) is 1.98. The van der Waals surface area contributed by atoms with Gasteiger partial charge in [-0.3, -0.25) is 4.79 Å². The maximum atomic E-state index is 11.7. The molecule has 0 aliphatic rings. The number of carbonyl (C=O) groups is 2. The third-order valence-electron chi connectivity index (χ3n) is 2.17. The maximum absolute atomic E-state index is 11.7. The molecule has 0 aromatic heterocycles. The highest BCUT2D eigenvalue weighted by atomic mass is 127. The predicted octanol–water partition coefficient (Wildman–Crippen LogP) is 2.22. The molecule has 0 aliphatic heterocycles. The van der Waals surface area contributed by atoms with Gasteiger partial charge < -0.3 is 10.2 Å². The minimum atomic E-state index is -1.64. The Labute approximate surface area is 117 Å². The summed E-state index contributed by atoms with van der Waals surface area (Å²) in [6, 6.07) is 4.41. The lowest BCUT2D eigenvalue weighted by atomic mass is 10.0. The van der Waals surface area contributed by atoms with Crippen LogP contribution >= 0.6 is 34.2 Å². The Morgan fingerprint density at radius 1 is 1.41 bits per heavy atom. The van der Waals surface area contributed by atoms with Gasteiger partial charge in [-0.15, -0.1) is 11.6 Å². The Balaban J connectivity index is 3.19. The Kier molecular flexibility index (Phi) is 4.91. The number of carboxylic acids is 1. The standard InChI is InChI=1S/C11H10ClIO4/c1-5(12)9(14)7-4-6(2-3-8(7)13)10(15)11(16)17/h2-5,10,15H,1H3,(H,16,17). The van der Waals surface area contributed by atoms with Crippen LogP contribution < -0.4 is 0 Å². The Morgan fingerprint density at radius 2 is 2.00 bits per heavy atom. The Hall–Kier alpha value is -0.660. The van der Waals surface area contributed by atoms with Crippen molar-refractivity contribution in [3.63, 3.8) is 0 Å². The van der Waals surface area contributed by atoms with E-state index in [-0.39, 0.29) is 11.3 Å². The lowest BCUT2D eigenvalue weighted by Crippen LogP contribution is -2.15. The van der Waals surface area contributed by atoms with Crippen molar-refractivity contribution in [1.29, 1.82) is 0 Å². The Bertz CT molecular complexity index is 459. The number of rotatable bonds is 4. The SMILES string of the molecule is CC(Cl)C(=O)c1cc(C(O)C(=O)O)ccc1I. The minimum absolute atomic E-state index is 0.165. The van der Waals surface area contributed by atoms with E-state index in [0.717, 1.165) is 0 Å². The largest absolute Gasteiger partial charge is 0.479 e. The number of carboxylic acid groups (broad SMARTS) is 1. The van der Waals surface area contributed by atoms with Crippen molar-refractivity contribution in [3.8, 4) is 0 Å². The third kappa shape index (κ3) is 3.40. The van der Waals surface area contributed by atoms with Gasteiger partial charge in [0.2, 0.25) is 0 Å². The second-order valence-corrected chi connectivity index (χ2v) is 5.28. The summed E-state index contributed by atoms with van der Waals surface area (Å²) >= 11 is 7.66. The van der Waals surface area contributed by atoms with Crippen LogP contribution in [0.1, 0.15) is 28.9 Å². The van der Waals surface area contributed by atoms with Gasteiger partial charge in [-0.2, -0.15) is 0 Å². The van der Waals surface area contributed by atoms with Gasteiger partial charge in [0.25, 0.3) is 0 Å². The highest BCUT2D eigenvalue weighted by Crippen LogP contribution is 2.22. The van der Waals surface area contributed by atoms with Gasteiger partial charge in [-0.1, -0.05) is 6.07 Å². The number of halogens is 2. The first-order valence-electron chi connectivity index (χ1n) is 4.73.